The second kappa shape index (κ2) is 6.85. The summed E-state index contributed by atoms with van der Waals surface area (Å²) in [5, 5.41) is 3.12. The standard InChI is InChI=1S/C14H17BrN2O3/c1-2-20-14(19)12-9-16-7-8-17(12)13(18)10-3-5-11(15)6-4-10/h3-6,12,16H,2,7-9H2,1H3. The first kappa shape index (κ1) is 15.0. The number of carbonyl (C=O) groups excluding carboxylic acids is 2. The highest BCUT2D eigenvalue weighted by atomic mass is 79.9. The Labute approximate surface area is 126 Å². The predicted molar refractivity (Wildman–Crippen MR) is 78.5 cm³/mol. The summed E-state index contributed by atoms with van der Waals surface area (Å²) in [5.74, 6) is -0.498. The van der Waals surface area contributed by atoms with Crippen LogP contribution in [0.25, 0.3) is 0 Å². The van der Waals surface area contributed by atoms with Crippen LogP contribution in [0.5, 0.6) is 0 Å². The van der Waals surface area contributed by atoms with Crippen molar-refractivity contribution in [1.82, 2.24) is 10.2 Å². The third-order valence-corrected chi connectivity index (χ3v) is 3.68. The number of halogens is 1. The van der Waals surface area contributed by atoms with Crippen molar-refractivity contribution in [2.24, 2.45) is 0 Å². The second-order valence-corrected chi connectivity index (χ2v) is 5.39. The van der Waals surface area contributed by atoms with Gasteiger partial charge in [-0.1, -0.05) is 15.9 Å². The van der Waals surface area contributed by atoms with Crippen LogP contribution in [0.4, 0.5) is 0 Å². The molecule has 0 aromatic heterocycles. The molecule has 1 aliphatic rings. The Morgan fingerprint density at radius 3 is 2.75 bits per heavy atom. The minimum atomic E-state index is -0.556. The average molecular weight is 341 g/mol. The molecule has 1 atom stereocenters. The van der Waals surface area contributed by atoms with Crippen molar-refractivity contribution in [2.45, 2.75) is 13.0 Å². The Balaban J connectivity index is 2.16. The molecule has 0 aliphatic carbocycles. The lowest BCUT2D eigenvalue weighted by Gasteiger charge is -2.34. The summed E-state index contributed by atoms with van der Waals surface area (Å²) >= 11 is 3.34. The molecule has 0 bridgehead atoms. The van der Waals surface area contributed by atoms with Crippen LogP contribution in [0, 0.1) is 0 Å². The number of benzene rings is 1. The zero-order chi connectivity index (χ0) is 14.5. The molecule has 5 nitrogen and oxygen atoms in total. The fourth-order valence-electron chi connectivity index (χ4n) is 2.15. The summed E-state index contributed by atoms with van der Waals surface area (Å²) in [6.45, 7) is 3.68. The Morgan fingerprint density at radius 2 is 2.10 bits per heavy atom. The Hall–Kier alpha value is -1.40. The van der Waals surface area contributed by atoms with Gasteiger partial charge in [0.1, 0.15) is 6.04 Å². The van der Waals surface area contributed by atoms with Gasteiger partial charge in [-0.2, -0.15) is 0 Å². The van der Waals surface area contributed by atoms with Crippen LogP contribution >= 0.6 is 15.9 Å². The molecule has 1 heterocycles. The molecular formula is C14H17BrN2O3. The fourth-order valence-corrected chi connectivity index (χ4v) is 2.42. The van der Waals surface area contributed by atoms with E-state index in [1.807, 2.05) is 12.1 Å². The van der Waals surface area contributed by atoms with Crippen molar-refractivity contribution in [3.63, 3.8) is 0 Å². The van der Waals surface area contributed by atoms with E-state index in [2.05, 4.69) is 21.2 Å². The number of ether oxygens (including phenoxy) is 1. The highest BCUT2D eigenvalue weighted by Gasteiger charge is 2.33. The summed E-state index contributed by atoms with van der Waals surface area (Å²) in [7, 11) is 0. The smallest absolute Gasteiger partial charge is 0.330 e. The van der Waals surface area contributed by atoms with Crippen molar-refractivity contribution in [1.29, 1.82) is 0 Å². The van der Waals surface area contributed by atoms with Crippen LogP contribution in [0.2, 0.25) is 0 Å². The summed E-state index contributed by atoms with van der Waals surface area (Å²) in [6, 6.07) is 6.57. The van der Waals surface area contributed by atoms with E-state index in [4.69, 9.17) is 4.74 Å². The summed E-state index contributed by atoms with van der Waals surface area (Å²) in [5.41, 5.74) is 0.574. The van der Waals surface area contributed by atoms with Gasteiger partial charge in [-0.15, -0.1) is 0 Å². The molecule has 1 aromatic carbocycles. The van der Waals surface area contributed by atoms with Gasteiger partial charge >= 0.3 is 5.97 Å². The molecule has 0 spiro atoms. The molecule has 2 rings (SSSR count). The summed E-state index contributed by atoms with van der Waals surface area (Å²) < 4.78 is 5.95. The van der Waals surface area contributed by atoms with E-state index in [-0.39, 0.29) is 11.9 Å². The maximum absolute atomic E-state index is 12.5. The second-order valence-electron chi connectivity index (χ2n) is 4.48. The van der Waals surface area contributed by atoms with Gasteiger partial charge in [0.2, 0.25) is 0 Å². The van der Waals surface area contributed by atoms with Crippen LogP contribution in [-0.2, 0) is 9.53 Å². The number of esters is 1. The van der Waals surface area contributed by atoms with Crippen LogP contribution in [0.3, 0.4) is 0 Å². The summed E-state index contributed by atoms with van der Waals surface area (Å²) in [4.78, 5) is 26.0. The normalized spacial score (nSPS) is 18.7. The largest absolute Gasteiger partial charge is 0.464 e. The molecule has 0 saturated carbocycles. The van der Waals surface area contributed by atoms with Crippen molar-refractivity contribution >= 4 is 27.8 Å². The topological polar surface area (TPSA) is 58.6 Å². The molecule has 1 amide bonds. The number of nitrogens with zero attached hydrogens (tertiary/aromatic N) is 1. The quantitative estimate of drug-likeness (QED) is 0.845. The SMILES string of the molecule is CCOC(=O)C1CNCCN1C(=O)c1ccc(Br)cc1. The van der Waals surface area contributed by atoms with Crippen molar-refractivity contribution in [3.05, 3.63) is 34.3 Å². The van der Waals surface area contributed by atoms with Gasteiger partial charge in [0, 0.05) is 29.7 Å². The molecule has 1 saturated heterocycles. The molecule has 108 valence electrons. The number of rotatable bonds is 3. The van der Waals surface area contributed by atoms with Crippen LogP contribution in [0.15, 0.2) is 28.7 Å². The Bertz CT molecular complexity index is 490. The first-order chi connectivity index (χ1) is 9.63. The molecule has 1 aliphatic heterocycles. The van der Waals surface area contributed by atoms with Crippen LogP contribution in [0.1, 0.15) is 17.3 Å². The van der Waals surface area contributed by atoms with E-state index in [9.17, 15) is 9.59 Å². The third kappa shape index (κ3) is 3.37. The first-order valence-electron chi connectivity index (χ1n) is 6.57. The van der Waals surface area contributed by atoms with Gasteiger partial charge in [0.05, 0.1) is 6.61 Å². The van der Waals surface area contributed by atoms with Crippen LogP contribution < -0.4 is 5.32 Å². The van der Waals surface area contributed by atoms with Gasteiger partial charge in [0.25, 0.3) is 5.91 Å². The number of hydrogen-bond acceptors (Lipinski definition) is 4. The first-order valence-corrected chi connectivity index (χ1v) is 7.36. The zero-order valence-corrected chi connectivity index (χ0v) is 12.9. The van der Waals surface area contributed by atoms with Gasteiger partial charge in [0.15, 0.2) is 0 Å². The number of amides is 1. The van der Waals surface area contributed by atoms with Crippen LogP contribution in [-0.4, -0.2) is 49.1 Å². The lowest BCUT2D eigenvalue weighted by atomic mass is 10.1. The molecule has 1 N–H and O–H groups in total. The third-order valence-electron chi connectivity index (χ3n) is 3.15. The summed E-state index contributed by atoms with van der Waals surface area (Å²) in [6.07, 6.45) is 0. The molecule has 1 unspecified atom stereocenters. The molecule has 1 fully saturated rings. The van der Waals surface area contributed by atoms with E-state index in [0.717, 1.165) is 4.47 Å². The Morgan fingerprint density at radius 1 is 1.40 bits per heavy atom. The minimum absolute atomic E-state index is 0.142. The number of hydrogen-bond donors (Lipinski definition) is 1. The van der Waals surface area contributed by atoms with Gasteiger partial charge in [-0.3, -0.25) is 4.79 Å². The van der Waals surface area contributed by atoms with Crippen molar-refractivity contribution < 1.29 is 14.3 Å². The molecule has 6 heteroatoms. The fraction of sp³-hybridized carbons (Fsp3) is 0.429. The molecule has 0 radical (unpaired) electrons. The maximum atomic E-state index is 12.5. The highest BCUT2D eigenvalue weighted by Crippen LogP contribution is 2.15. The van der Waals surface area contributed by atoms with Gasteiger partial charge < -0.3 is 15.0 Å². The lowest BCUT2D eigenvalue weighted by molar-refractivity contribution is -0.149. The Kier molecular flexibility index (Phi) is 5.14. The lowest BCUT2D eigenvalue weighted by Crippen LogP contribution is -2.57. The number of nitrogens with one attached hydrogen (secondary N) is 1. The van der Waals surface area contributed by atoms with Crippen molar-refractivity contribution in [3.8, 4) is 0 Å². The van der Waals surface area contributed by atoms with E-state index in [1.165, 1.54) is 0 Å². The van der Waals surface area contributed by atoms with Gasteiger partial charge in [-0.05, 0) is 31.2 Å². The van der Waals surface area contributed by atoms with E-state index >= 15 is 0 Å². The van der Waals surface area contributed by atoms with E-state index in [1.54, 1.807) is 24.0 Å². The number of piperazine rings is 1. The average Bonchev–Trinajstić information content (AvgIpc) is 2.47. The van der Waals surface area contributed by atoms with Crippen molar-refractivity contribution in [2.75, 3.05) is 26.2 Å². The highest BCUT2D eigenvalue weighted by molar-refractivity contribution is 9.10. The molecular weight excluding hydrogens is 324 g/mol. The number of carbonyl (C=O) groups is 2. The van der Waals surface area contributed by atoms with Gasteiger partial charge in [-0.25, -0.2) is 4.79 Å². The predicted octanol–water partition coefficient (Wildman–Crippen LogP) is 1.43. The molecule has 20 heavy (non-hydrogen) atoms. The monoisotopic (exact) mass is 340 g/mol. The molecule has 1 aromatic rings. The minimum Gasteiger partial charge on any atom is -0.464 e. The maximum Gasteiger partial charge on any atom is 0.330 e. The zero-order valence-electron chi connectivity index (χ0n) is 11.3. The van der Waals surface area contributed by atoms with E-state index in [0.29, 0.717) is 31.8 Å². The van der Waals surface area contributed by atoms with E-state index < -0.39 is 6.04 Å².